The van der Waals surface area contributed by atoms with Gasteiger partial charge in [-0.2, -0.15) is 0 Å². The summed E-state index contributed by atoms with van der Waals surface area (Å²) in [5.41, 5.74) is 6.49. The molecule has 3 aliphatic heterocycles. The third kappa shape index (κ3) is 2.74. The fourth-order valence-electron chi connectivity index (χ4n) is 5.24. The molecule has 4 nitrogen and oxygen atoms in total. The molecular weight excluding hydrogens is 334 g/mol. The zero-order valence-corrected chi connectivity index (χ0v) is 16.5. The van der Waals surface area contributed by atoms with Crippen LogP contribution in [0.15, 0.2) is 36.4 Å². The van der Waals surface area contributed by atoms with Gasteiger partial charge in [0.05, 0.1) is 7.11 Å². The SMILES string of the molecule is COc1ccc2c(c1)Nc1ccc(CN3C4CCC3CNC4)cc1C2(C)C. The molecule has 2 N–H and O–H groups in total. The highest BCUT2D eigenvalue weighted by Crippen LogP contribution is 2.46. The Hall–Kier alpha value is -2.04. The Bertz CT molecular complexity index is 860. The lowest BCUT2D eigenvalue weighted by atomic mass is 9.74. The third-order valence-corrected chi connectivity index (χ3v) is 6.82. The Kier molecular flexibility index (Phi) is 3.95. The van der Waals surface area contributed by atoms with Crippen molar-refractivity contribution in [1.82, 2.24) is 10.2 Å². The van der Waals surface area contributed by atoms with Crippen molar-refractivity contribution in [3.63, 3.8) is 0 Å². The number of nitrogens with zero attached hydrogens (tertiary/aromatic N) is 1. The van der Waals surface area contributed by atoms with Gasteiger partial charge in [-0.3, -0.25) is 4.90 Å². The van der Waals surface area contributed by atoms with Crippen LogP contribution in [0.1, 0.15) is 43.4 Å². The summed E-state index contributed by atoms with van der Waals surface area (Å²) in [4.78, 5) is 2.72. The molecule has 0 spiro atoms. The van der Waals surface area contributed by atoms with Crippen molar-refractivity contribution < 1.29 is 4.74 Å². The average Bonchev–Trinajstić information content (AvgIpc) is 2.88. The van der Waals surface area contributed by atoms with Gasteiger partial charge in [-0.1, -0.05) is 32.0 Å². The van der Waals surface area contributed by atoms with Crippen LogP contribution in [0, 0.1) is 0 Å². The molecule has 2 bridgehead atoms. The number of benzene rings is 2. The quantitative estimate of drug-likeness (QED) is 0.864. The van der Waals surface area contributed by atoms with Gasteiger partial charge in [0.15, 0.2) is 0 Å². The fraction of sp³-hybridized carbons (Fsp3) is 0.478. The Morgan fingerprint density at radius 3 is 2.52 bits per heavy atom. The average molecular weight is 364 g/mol. The molecule has 0 aliphatic carbocycles. The molecule has 5 rings (SSSR count). The number of hydrogen-bond donors (Lipinski definition) is 2. The maximum absolute atomic E-state index is 5.42. The van der Waals surface area contributed by atoms with E-state index in [1.807, 2.05) is 0 Å². The van der Waals surface area contributed by atoms with Gasteiger partial charge in [0.25, 0.3) is 0 Å². The van der Waals surface area contributed by atoms with E-state index >= 15 is 0 Å². The van der Waals surface area contributed by atoms with Crippen LogP contribution >= 0.6 is 0 Å². The summed E-state index contributed by atoms with van der Waals surface area (Å²) in [5, 5.41) is 7.21. The first-order chi connectivity index (χ1) is 13.1. The van der Waals surface area contributed by atoms with E-state index in [0.29, 0.717) is 12.1 Å². The van der Waals surface area contributed by atoms with Gasteiger partial charge < -0.3 is 15.4 Å². The second kappa shape index (κ2) is 6.25. The maximum Gasteiger partial charge on any atom is 0.120 e. The second-order valence-electron chi connectivity index (χ2n) is 8.76. The van der Waals surface area contributed by atoms with E-state index in [1.165, 1.54) is 35.2 Å². The van der Waals surface area contributed by atoms with E-state index in [4.69, 9.17) is 4.74 Å². The van der Waals surface area contributed by atoms with Gasteiger partial charge >= 0.3 is 0 Å². The molecule has 27 heavy (non-hydrogen) atoms. The summed E-state index contributed by atoms with van der Waals surface area (Å²) in [7, 11) is 1.72. The first-order valence-electron chi connectivity index (χ1n) is 10.1. The molecule has 0 radical (unpaired) electrons. The number of piperazine rings is 1. The highest BCUT2D eigenvalue weighted by Gasteiger charge is 2.37. The van der Waals surface area contributed by atoms with Crippen molar-refractivity contribution in [1.29, 1.82) is 0 Å². The van der Waals surface area contributed by atoms with Crippen molar-refractivity contribution in [2.24, 2.45) is 0 Å². The van der Waals surface area contributed by atoms with Gasteiger partial charge in [0.2, 0.25) is 0 Å². The minimum Gasteiger partial charge on any atom is -0.497 e. The lowest BCUT2D eigenvalue weighted by molar-refractivity contribution is 0.145. The largest absolute Gasteiger partial charge is 0.497 e. The number of anilines is 2. The molecule has 2 aromatic rings. The topological polar surface area (TPSA) is 36.5 Å². The molecule has 0 amide bonds. The molecule has 3 aliphatic rings. The molecule has 2 atom stereocenters. The van der Waals surface area contributed by atoms with Crippen molar-refractivity contribution in [3.8, 4) is 5.75 Å². The lowest BCUT2D eigenvalue weighted by Crippen LogP contribution is -2.51. The number of hydrogen-bond acceptors (Lipinski definition) is 4. The Balaban J connectivity index is 1.47. The van der Waals surface area contributed by atoms with E-state index in [2.05, 4.69) is 65.8 Å². The molecule has 2 unspecified atom stereocenters. The molecular formula is C23H29N3O. The molecule has 142 valence electrons. The van der Waals surface area contributed by atoms with Gasteiger partial charge in [-0.05, 0) is 41.7 Å². The van der Waals surface area contributed by atoms with Crippen molar-refractivity contribution in [2.45, 2.75) is 50.7 Å². The monoisotopic (exact) mass is 363 g/mol. The Morgan fingerprint density at radius 2 is 1.78 bits per heavy atom. The normalized spacial score (nSPS) is 25.4. The van der Waals surface area contributed by atoms with Crippen LogP contribution in [0.2, 0.25) is 0 Å². The predicted octanol–water partition coefficient (Wildman–Crippen LogP) is 4.01. The summed E-state index contributed by atoms with van der Waals surface area (Å²) in [6, 6.07) is 14.8. The number of nitrogens with one attached hydrogen (secondary N) is 2. The first kappa shape index (κ1) is 17.1. The van der Waals surface area contributed by atoms with E-state index in [9.17, 15) is 0 Å². The molecule has 0 aromatic heterocycles. The molecule has 2 fully saturated rings. The number of ether oxygens (including phenoxy) is 1. The van der Waals surface area contributed by atoms with Crippen LogP contribution in [-0.2, 0) is 12.0 Å². The maximum atomic E-state index is 5.42. The van der Waals surface area contributed by atoms with Crippen LogP contribution in [-0.4, -0.2) is 37.2 Å². The number of rotatable bonds is 3. The highest BCUT2D eigenvalue weighted by molar-refractivity contribution is 5.76. The zero-order chi connectivity index (χ0) is 18.6. The third-order valence-electron chi connectivity index (χ3n) is 6.82. The predicted molar refractivity (Wildman–Crippen MR) is 110 cm³/mol. The summed E-state index contributed by atoms with van der Waals surface area (Å²) in [6.07, 6.45) is 2.68. The Labute approximate surface area is 161 Å². The van der Waals surface area contributed by atoms with E-state index < -0.39 is 0 Å². The van der Waals surface area contributed by atoms with Gasteiger partial charge in [0.1, 0.15) is 5.75 Å². The lowest BCUT2D eigenvalue weighted by Gasteiger charge is -2.38. The van der Waals surface area contributed by atoms with Crippen molar-refractivity contribution >= 4 is 11.4 Å². The molecule has 2 saturated heterocycles. The molecule has 0 saturated carbocycles. The van der Waals surface area contributed by atoms with Gasteiger partial charge in [0, 0.05) is 54.6 Å². The summed E-state index contributed by atoms with van der Waals surface area (Å²) >= 11 is 0. The summed E-state index contributed by atoms with van der Waals surface area (Å²) in [6.45, 7) is 8.01. The smallest absolute Gasteiger partial charge is 0.120 e. The number of fused-ring (bicyclic) bond motifs is 4. The van der Waals surface area contributed by atoms with Crippen molar-refractivity contribution in [2.75, 3.05) is 25.5 Å². The standard InChI is InChI=1S/C23H29N3O/c1-23(2)19-8-7-18(27-3)11-22(19)25-21-9-4-15(10-20(21)23)14-26-16-5-6-17(26)13-24-12-16/h4,7-11,16-17,24-25H,5-6,12-14H2,1-3H3. The van der Waals surface area contributed by atoms with Gasteiger partial charge in [-0.15, -0.1) is 0 Å². The molecule has 4 heteroatoms. The van der Waals surface area contributed by atoms with Crippen LogP contribution in [0.25, 0.3) is 0 Å². The van der Waals surface area contributed by atoms with Crippen LogP contribution in [0.3, 0.4) is 0 Å². The molecule has 2 aromatic carbocycles. The zero-order valence-electron chi connectivity index (χ0n) is 16.5. The van der Waals surface area contributed by atoms with E-state index in [-0.39, 0.29) is 5.41 Å². The number of methoxy groups -OCH3 is 1. The van der Waals surface area contributed by atoms with Gasteiger partial charge in [-0.25, -0.2) is 0 Å². The van der Waals surface area contributed by atoms with E-state index in [0.717, 1.165) is 31.1 Å². The molecule has 3 heterocycles. The van der Waals surface area contributed by atoms with Crippen LogP contribution in [0.4, 0.5) is 11.4 Å². The summed E-state index contributed by atoms with van der Waals surface area (Å²) < 4.78 is 5.42. The van der Waals surface area contributed by atoms with Crippen LogP contribution < -0.4 is 15.4 Å². The summed E-state index contributed by atoms with van der Waals surface area (Å²) in [5.74, 6) is 0.895. The van der Waals surface area contributed by atoms with E-state index in [1.54, 1.807) is 7.11 Å². The minimum absolute atomic E-state index is 0.0271. The second-order valence-corrected chi connectivity index (χ2v) is 8.76. The highest BCUT2D eigenvalue weighted by atomic mass is 16.5. The minimum atomic E-state index is -0.0271. The fourth-order valence-corrected chi connectivity index (χ4v) is 5.24. The first-order valence-corrected chi connectivity index (χ1v) is 10.1. The van der Waals surface area contributed by atoms with Crippen LogP contribution in [0.5, 0.6) is 5.75 Å². The van der Waals surface area contributed by atoms with Crippen molar-refractivity contribution in [3.05, 3.63) is 53.1 Å². The Morgan fingerprint density at radius 1 is 1.00 bits per heavy atom.